The van der Waals surface area contributed by atoms with Gasteiger partial charge in [0.15, 0.2) is 5.65 Å². The number of halogens is 3. The van der Waals surface area contributed by atoms with Crippen LogP contribution in [0.4, 0.5) is 19.1 Å². The molecular weight excluding hydrogens is 397 g/mol. The summed E-state index contributed by atoms with van der Waals surface area (Å²) in [4.78, 5) is 13.8. The third-order valence-electron chi connectivity index (χ3n) is 4.75. The monoisotopic (exact) mass is 416 g/mol. The third kappa shape index (κ3) is 3.92. The van der Waals surface area contributed by atoms with Gasteiger partial charge in [-0.1, -0.05) is 0 Å². The van der Waals surface area contributed by atoms with Crippen LogP contribution in [0, 0.1) is 0 Å². The van der Waals surface area contributed by atoms with Crippen LogP contribution in [-0.4, -0.2) is 58.8 Å². The van der Waals surface area contributed by atoms with Gasteiger partial charge in [0.25, 0.3) is 0 Å². The molecule has 4 rings (SSSR count). The lowest BCUT2D eigenvalue weighted by molar-refractivity contribution is -0.130. The smallest absolute Gasteiger partial charge is 0.345 e. The fourth-order valence-electron chi connectivity index (χ4n) is 3.50. The molecule has 3 aromatic rings. The van der Waals surface area contributed by atoms with Gasteiger partial charge in [0.2, 0.25) is 16.0 Å². The van der Waals surface area contributed by atoms with E-state index in [0.29, 0.717) is 37.5 Å². The summed E-state index contributed by atoms with van der Waals surface area (Å²) in [5.41, 5.74) is 2.35. The van der Waals surface area contributed by atoms with E-state index in [2.05, 4.69) is 19.7 Å². The standard InChI is InChI=1S/C16H19F3N6O2S/c17-16(18,19)4-7-28(26,27)23-11-2-1-6-24(10-11)15-22-9-12-8-21-14-13(25(12)15)3-5-20-14/h3,5,8-9,11,20,23H,1-2,4,6-7,10H2. The average molecular weight is 416 g/mol. The van der Waals surface area contributed by atoms with E-state index in [1.807, 2.05) is 15.4 Å². The van der Waals surface area contributed by atoms with Crippen LogP contribution in [0.2, 0.25) is 0 Å². The van der Waals surface area contributed by atoms with E-state index in [-0.39, 0.29) is 0 Å². The molecule has 0 spiro atoms. The van der Waals surface area contributed by atoms with Crippen LogP contribution in [0.3, 0.4) is 0 Å². The third-order valence-corrected chi connectivity index (χ3v) is 6.18. The summed E-state index contributed by atoms with van der Waals surface area (Å²) in [6.07, 6.45) is 0.548. The Morgan fingerprint density at radius 3 is 2.86 bits per heavy atom. The van der Waals surface area contributed by atoms with E-state index in [1.165, 1.54) is 0 Å². The maximum Gasteiger partial charge on any atom is 0.390 e. The molecule has 1 saturated heterocycles. The highest BCUT2D eigenvalue weighted by Gasteiger charge is 2.32. The van der Waals surface area contributed by atoms with Gasteiger partial charge < -0.3 is 9.88 Å². The summed E-state index contributed by atoms with van der Waals surface area (Å²) >= 11 is 0. The number of fused-ring (bicyclic) bond motifs is 3. The van der Waals surface area contributed by atoms with Crippen LogP contribution in [0.5, 0.6) is 0 Å². The van der Waals surface area contributed by atoms with E-state index < -0.39 is 34.4 Å². The molecule has 12 heteroatoms. The number of aromatic nitrogens is 4. The Morgan fingerprint density at radius 2 is 2.07 bits per heavy atom. The van der Waals surface area contributed by atoms with E-state index >= 15 is 0 Å². The number of nitrogens with zero attached hydrogens (tertiary/aromatic N) is 4. The fraction of sp³-hybridized carbons (Fsp3) is 0.500. The van der Waals surface area contributed by atoms with Gasteiger partial charge in [-0.3, -0.25) is 4.40 Å². The topological polar surface area (TPSA) is 95.4 Å². The molecule has 0 saturated carbocycles. The zero-order valence-electron chi connectivity index (χ0n) is 14.8. The number of hydrogen-bond donors (Lipinski definition) is 2. The Bertz CT molecular complexity index is 1090. The Labute approximate surface area is 158 Å². The van der Waals surface area contributed by atoms with Crippen LogP contribution in [0.25, 0.3) is 16.7 Å². The quantitative estimate of drug-likeness (QED) is 0.664. The van der Waals surface area contributed by atoms with Gasteiger partial charge in [0.1, 0.15) is 0 Å². The number of hydrogen-bond acceptors (Lipinski definition) is 5. The highest BCUT2D eigenvalue weighted by atomic mass is 32.2. The first-order chi connectivity index (χ1) is 13.2. The first kappa shape index (κ1) is 19.0. The maximum atomic E-state index is 12.3. The molecule has 152 valence electrons. The molecule has 28 heavy (non-hydrogen) atoms. The minimum absolute atomic E-state index is 0.332. The lowest BCUT2D eigenvalue weighted by Crippen LogP contribution is -2.49. The summed E-state index contributed by atoms with van der Waals surface area (Å²) in [6, 6.07) is 1.41. The molecule has 1 aliphatic rings. The highest BCUT2D eigenvalue weighted by Crippen LogP contribution is 2.25. The van der Waals surface area contributed by atoms with E-state index in [9.17, 15) is 21.6 Å². The van der Waals surface area contributed by atoms with E-state index in [1.54, 1.807) is 18.6 Å². The first-order valence-electron chi connectivity index (χ1n) is 8.83. The van der Waals surface area contributed by atoms with Crippen molar-refractivity contribution in [2.24, 2.45) is 0 Å². The number of alkyl halides is 3. The zero-order chi connectivity index (χ0) is 19.9. The summed E-state index contributed by atoms with van der Waals surface area (Å²) in [7, 11) is -4.01. The molecule has 1 atom stereocenters. The number of piperidine rings is 1. The predicted molar refractivity (Wildman–Crippen MR) is 97.7 cm³/mol. The molecule has 4 heterocycles. The number of anilines is 1. The number of rotatable bonds is 5. The second kappa shape index (κ2) is 6.92. The Morgan fingerprint density at radius 1 is 1.29 bits per heavy atom. The molecular formula is C16H19F3N6O2S. The minimum Gasteiger partial charge on any atom is -0.345 e. The van der Waals surface area contributed by atoms with Crippen molar-refractivity contribution in [3.8, 4) is 0 Å². The second-order valence-corrected chi connectivity index (χ2v) is 8.75. The van der Waals surface area contributed by atoms with Gasteiger partial charge in [0, 0.05) is 25.3 Å². The van der Waals surface area contributed by atoms with E-state index in [0.717, 1.165) is 11.0 Å². The number of imidazole rings is 1. The predicted octanol–water partition coefficient (Wildman–Crippen LogP) is 2.05. The van der Waals surface area contributed by atoms with Crippen molar-refractivity contribution in [2.45, 2.75) is 31.5 Å². The van der Waals surface area contributed by atoms with Crippen LogP contribution in [0.15, 0.2) is 24.7 Å². The van der Waals surface area contributed by atoms with Gasteiger partial charge in [-0.15, -0.1) is 0 Å². The normalized spacial score (nSPS) is 19.0. The Hall–Kier alpha value is -2.34. The van der Waals surface area contributed by atoms with Gasteiger partial charge >= 0.3 is 6.18 Å². The number of sulfonamides is 1. The van der Waals surface area contributed by atoms with Gasteiger partial charge in [-0.05, 0) is 18.9 Å². The van der Waals surface area contributed by atoms with Crippen LogP contribution in [0.1, 0.15) is 19.3 Å². The van der Waals surface area contributed by atoms with Crippen LogP contribution < -0.4 is 9.62 Å². The van der Waals surface area contributed by atoms with E-state index in [4.69, 9.17) is 0 Å². The second-order valence-electron chi connectivity index (χ2n) is 6.88. The Kier molecular flexibility index (Phi) is 4.70. The molecule has 0 amide bonds. The highest BCUT2D eigenvalue weighted by molar-refractivity contribution is 7.89. The fourth-order valence-corrected chi connectivity index (χ4v) is 4.82. The lowest BCUT2D eigenvalue weighted by atomic mass is 10.1. The molecule has 8 nitrogen and oxygen atoms in total. The Balaban J connectivity index is 1.53. The SMILES string of the molecule is O=S(=O)(CCC(F)(F)F)NC1CCCN(c2ncc3cnc4[nH]ccc4n23)C1. The molecule has 0 bridgehead atoms. The molecule has 0 aromatic carbocycles. The molecule has 0 aliphatic carbocycles. The molecule has 1 fully saturated rings. The lowest BCUT2D eigenvalue weighted by Gasteiger charge is -2.33. The van der Waals surface area contributed by atoms with Gasteiger partial charge in [-0.2, -0.15) is 13.2 Å². The van der Waals surface area contributed by atoms with Crippen LogP contribution >= 0.6 is 0 Å². The van der Waals surface area contributed by atoms with Crippen molar-refractivity contribution in [3.63, 3.8) is 0 Å². The van der Waals surface area contributed by atoms with Gasteiger partial charge in [0.05, 0.1) is 35.6 Å². The zero-order valence-corrected chi connectivity index (χ0v) is 15.6. The first-order valence-corrected chi connectivity index (χ1v) is 10.5. The minimum atomic E-state index is -4.50. The summed E-state index contributed by atoms with van der Waals surface area (Å²) in [6.45, 7) is 1.01. The molecule has 1 aliphatic heterocycles. The van der Waals surface area contributed by atoms with Crippen molar-refractivity contribution in [1.82, 2.24) is 24.1 Å². The largest absolute Gasteiger partial charge is 0.390 e. The summed E-state index contributed by atoms with van der Waals surface area (Å²) < 4.78 is 65.4. The number of nitrogens with one attached hydrogen (secondary N) is 2. The van der Waals surface area contributed by atoms with Gasteiger partial charge in [-0.25, -0.2) is 23.1 Å². The summed E-state index contributed by atoms with van der Waals surface area (Å²) in [5, 5.41) is 0. The van der Waals surface area contributed by atoms with Crippen molar-refractivity contribution in [2.75, 3.05) is 23.7 Å². The molecule has 1 unspecified atom stereocenters. The van der Waals surface area contributed by atoms with Crippen molar-refractivity contribution in [1.29, 1.82) is 0 Å². The van der Waals surface area contributed by atoms with Crippen LogP contribution in [-0.2, 0) is 10.0 Å². The average Bonchev–Trinajstić information content (AvgIpc) is 3.25. The van der Waals surface area contributed by atoms with Crippen molar-refractivity contribution < 1.29 is 21.6 Å². The van der Waals surface area contributed by atoms with Crippen molar-refractivity contribution >= 4 is 32.7 Å². The number of aromatic amines is 1. The molecule has 2 N–H and O–H groups in total. The summed E-state index contributed by atoms with van der Waals surface area (Å²) in [5.74, 6) is -0.309. The molecule has 0 radical (unpaired) electrons. The molecule has 3 aromatic heterocycles. The maximum absolute atomic E-state index is 12.3. The van der Waals surface area contributed by atoms with Crippen molar-refractivity contribution in [3.05, 3.63) is 24.7 Å². The number of H-pyrrole nitrogens is 1.